The minimum Gasteiger partial charge on any atom is -0.298 e. The van der Waals surface area contributed by atoms with Crippen LogP contribution in [0.1, 0.15) is 26.2 Å². The Kier molecular flexibility index (Phi) is 1.53. The van der Waals surface area contributed by atoms with Crippen LogP contribution in [-0.4, -0.2) is 29.8 Å². The summed E-state index contributed by atoms with van der Waals surface area (Å²) in [5.41, 5.74) is 0. The average molecular weight is 153 g/mol. The molecule has 2 saturated heterocycles. The Morgan fingerprint density at radius 3 is 2.91 bits per heavy atom. The van der Waals surface area contributed by atoms with E-state index in [4.69, 9.17) is 0 Å². The molecule has 2 heteroatoms. The summed E-state index contributed by atoms with van der Waals surface area (Å²) in [6.45, 7) is 2.26. The first kappa shape index (κ1) is 7.29. The van der Waals surface area contributed by atoms with Gasteiger partial charge in [-0.3, -0.25) is 9.69 Å². The van der Waals surface area contributed by atoms with Crippen LogP contribution in [-0.2, 0) is 4.79 Å². The summed E-state index contributed by atoms with van der Waals surface area (Å²) in [5, 5.41) is 0. The largest absolute Gasteiger partial charge is 0.298 e. The molecule has 2 aliphatic heterocycles. The molecular weight excluding hydrogens is 138 g/mol. The molecule has 0 aliphatic carbocycles. The van der Waals surface area contributed by atoms with Gasteiger partial charge in [0, 0.05) is 12.5 Å². The normalized spacial score (nSPS) is 44.9. The lowest BCUT2D eigenvalue weighted by atomic mass is 10.00. The van der Waals surface area contributed by atoms with Gasteiger partial charge in [-0.1, -0.05) is 6.92 Å². The molecule has 11 heavy (non-hydrogen) atoms. The number of Topliss-reactive ketones (excluding diaryl/α,β-unsaturated/α-hetero) is 1. The van der Waals surface area contributed by atoms with E-state index in [9.17, 15) is 4.79 Å². The minimum absolute atomic E-state index is 0.267. The maximum Gasteiger partial charge on any atom is 0.150 e. The third-order valence-corrected chi connectivity index (χ3v) is 3.32. The molecule has 0 aromatic carbocycles. The van der Waals surface area contributed by atoms with Gasteiger partial charge in [0.15, 0.2) is 0 Å². The number of fused-ring (bicyclic) bond motifs is 2. The number of nitrogens with zero attached hydrogens (tertiary/aromatic N) is 1. The van der Waals surface area contributed by atoms with E-state index in [2.05, 4.69) is 18.9 Å². The van der Waals surface area contributed by atoms with Crippen molar-refractivity contribution in [1.29, 1.82) is 0 Å². The molecule has 0 N–H and O–H groups in total. The third-order valence-electron chi connectivity index (χ3n) is 3.32. The van der Waals surface area contributed by atoms with Gasteiger partial charge in [-0.2, -0.15) is 0 Å². The van der Waals surface area contributed by atoms with E-state index in [1.165, 1.54) is 0 Å². The first-order valence-electron chi connectivity index (χ1n) is 4.45. The molecule has 2 heterocycles. The van der Waals surface area contributed by atoms with Crippen LogP contribution in [0.5, 0.6) is 0 Å². The minimum atomic E-state index is 0.267. The Balaban J connectivity index is 2.23. The summed E-state index contributed by atoms with van der Waals surface area (Å²) in [6.07, 6.45) is 3.01. The zero-order valence-electron chi connectivity index (χ0n) is 7.21. The second kappa shape index (κ2) is 2.31. The van der Waals surface area contributed by atoms with Gasteiger partial charge in [0.25, 0.3) is 0 Å². The third kappa shape index (κ3) is 0.924. The number of rotatable bonds is 0. The molecular formula is C9H15NO. The highest BCUT2D eigenvalue weighted by Crippen LogP contribution is 2.36. The van der Waals surface area contributed by atoms with Gasteiger partial charge in [0.1, 0.15) is 5.78 Å². The fraction of sp³-hybridized carbons (Fsp3) is 0.889. The van der Waals surface area contributed by atoms with E-state index >= 15 is 0 Å². The number of carbonyl (C=O) groups excluding carboxylic acids is 1. The highest BCUT2D eigenvalue weighted by atomic mass is 16.1. The molecule has 2 bridgehead atoms. The number of piperidine rings is 1. The van der Waals surface area contributed by atoms with Gasteiger partial charge in [0.2, 0.25) is 0 Å². The van der Waals surface area contributed by atoms with Gasteiger partial charge < -0.3 is 0 Å². The Hall–Kier alpha value is -0.370. The number of carbonyl (C=O) groups is 1. The molecule has 0 spiro atoms. The molecule has 62 valence electrons. The van der Waals surface area contributed by atoms with Crippen molar-refractivity contribution in [2.75, 3.05) is 7.05 Å². The van der Waals surface area contributed by atoms with Gasteiger partial charge in [-0.15, -0.1) is 0 Å². The van der Waals surface area contributed by atoms with Gasteiger partial charge >= 0.3 is 0 Å². The van der Waals surface area contributed by atoms with Gasteiger partial charge in [-0.05, 0) is 25.8 Å². The summed E-state index contributed by atoms with van der Waals surface area (Å²) in [6, 6.07) is 0.960. The smallest absolute Gasteiger partial charge is 0.150 e. The second-order valence-corrected chi connectivity index (χ2v) is 3.97. The van der Waals surface area contributed by atoms with Crippen LogP contribution in [0.3, 0.4) is 0 Å². The van der Waals surface area contributed by atoms with E-state index in [1.807, 2.05) is 0 Å². The molecule has 0 amide bonds. The molecule has 0 saturated carbocycles. The summed E-state index contributed by atoms with van der Waals surface area (Å²) >= 11 is 0. The zero-order chi connectivity index (χ0) is 8.01. The molecule has 2 aliphatic rings. The zero-order valence-corrected chi connectivity index (χ0v) is 7.21. The van der Waals surface area contributed by atoms with Crippen LogP contribution in [0.2, 0.25) is 0 Å². The SMILES string of the molecule is CC1C[C@@H]2C(=O)CC[C@H]1N2C. The molecule has 2 fully saturated rings. The van der Waals surface area contributed by atoms with Crippen molar-refractivity contribution < 1.29 is 4.79 Å². The van der Waals surface area contributed by atoms with Crippen molar-refractivity contribution >= 4 is 5.78 Å². The van der Waals surface area contributed by atoms with Crippen molar-refractivity contribution in [2.45, 2.75) is 38.3 Å². The van der Waals surface area contributed by atoms with Crippen LogP contribution in [0.25, 0.3) is 0 Å². The highest BCUT2D eigenvalue weighted by molar-refractivity contribution is 5.85. The summed E-state index contributed by atoms with van der Waals surface area (Å²) in [7, 11) is 2.09. The van der Waals surface area contributed by atoms with Crippen molar-refractivity contribution in [2.24, 2.45) is 5.92 Å². The highest BCUT2D eigenvalue weighted by Gasteiger charge is 2.43. The molecule has 2 rings (SSSR count). The van der Waals surface area contributed by atoms with Crippen LogP contribution in [0.15, 0.2) is 0 Å². The Labute approximate surface area is 67.6 Å². The van der Waals surface area contributed by atoms with Crippen molar-refractivity contribution in [1.82, 2.24) is 4.90 Å². The Morgan fingerprint density at radius 1 is 1.55 bits per heavy atom. The molecule has 3 atom stereocenters. The van der Waals surface area contributed by atoms with Crippen molar-refractivity contribution in [3.63, 3.8) is 0 Å². The standard InChI is InChI=1S/C9H15NO/c1-6-5-8-9(11)4-3-7(6)10(8)2/h6-8H,3-5H2,1-2H3/t6?,7-,8-/m1/s1. The topological polar surface area (TPSA) is 20.3 Å². The maximum absolute atomic E-state index is 11.4. The van der Waals surface area contributed by atoms with Crippen LogP contribution < -0.4 is 0 Å². The summed E-state index contributed by atoms with van der Waals surface area (Å²) < 4.78 is 0. The lowest BCUT2D eigenvalue weighted by molar-refractivity contribution is -0.125. The summed E-state index contributed by atoms with van der Waals surface area (Å²) in [4.78, 5) is 13.6. The van der Waals surface area contributed by atoms with Crippen LogP contribution in [0.4, 0.5) is 0 Å². The van der Waals surface area contributed by atoms with Crippen molar-refractivity contribution in [3.05, 3.63) is 0 Å². The molecule has 0 radical (unpaired) electrons. The molecule has 0 aromatic heterocycles. The van der Waals surface area contributed by atoms with E-state index in [1.54, 1.807) is 0 Å². The van der Waals surface area contributed by atoms with E-state index in [0.717, 1.165) is 25.2 Å². The van der Waals surface area contributed by atoms with Crippen molar-refractivity contribution in [3.8, 4) is 0 Å². The number of hydrogen-bond donors (Lipinski definition) is 0. The Bertz CT molecular complexity index is 190. The predicted molar refractivity (Wildman–Crippen MR) is 43.4 cm³/mol. The van der Waals surface area contributed by atoms with Crippen LogP contribution >= 0.6 is 0 Å². The van der Waals surface area contributed by atoms with Gasteiger partial charge in [-0.25, -0.2) is 0 Å². The summed E-state index contributed by atoms with van der Waals surface area (Å²) in [5.74, 6) is 1.20. The molecule has 0 aromatic rings. The first-order chi connectivity index (χ1) is 5.20. The Morgan fingerprint density at radius 2 is 2.27 bits per heavy atom. The maximum atomic E-state index is 11.4. The van der Waals surface area contributed by atoms with E-state index in [-0.39, 0.29) is 6.04 Å². The fourth-order valence-electron chi connectivity index (χ4n) is 2.61. The van der Waals surface area contributed by atoms with E-state index in [0.29, 0.717) is 11.8 Å². The second-order valence-electron chi connectivity index (χ2n) is 3.97. The van der Waals surface area contributed by atoms with Gasteiger partial charge in [0.05, 0.1) is 6.04 Å². The first-order valence-corrected chi connectivity index (χ1v) is 4.45. The average Bonchev–Trinajstić information content (AvgIpc) is 2.12. The lowest BCUT2D eigenvalue weighted by Gasteiger charge is -2.30. The predicted octanol–water partition coefficient (Wildman–Crippen LogP) is 1.06. The monoisotopic (exact) mass is 153 g/mol. The van der Waals surface area contributed by atoms with Crippen LogP contribution in [0, 0.1) is 5.92 Å². The van der Waals surface area contributed by atoms with E-state index < -0.39 is 0 Å². The number of ketones is 1. The quantitative estimate of drug-likeness (QED) is 0.518. The molecule has 2 nitrogen and oxygen atoms in total. The number of hydrogen-bond acceptors (Lipinski definition) is 2. The fourth-order valence-corrected chi connectivity index (χ4v) is 2.61. The number of likely N-dealkylation sites (N-methyl/N-ethyl adjacent to an activating group) is 1. The lowest BCUT2D eigenvalue weighted by Crippen LogP contribution is -2.42. The molecule has 1 unspecified atom stereocenters.